The lowest BCUT2D eigenvalue weighted by atomic mass is 10.2. The van der Waals surface area contributed by atoms with Crippen molar-refractivity contribution in [2.75, 3.05) is 4.72 Å². The second-order valence-corrected chi connectivity index (χ2v) is 7.83. The average Bonchev–Trinajstić information content (AvgIpc) is 2.49. The number of nitrogens with one attached hydrogen (secondary N) is 2. The Labute approximate surface area is 147 Å². The Hall–Kier alpha value is -2.05. The van der Waals surface area contributed by atoms with E-state index in [4.69, 9.17) is 11.6 Å². The Bertz CT molecular complexity index is 847. The van der Waals surface area contributed by atoms with E-state index < -0.39 is 10.0 Å². The van der Waals surface area contributed by atoms with Gasteiger partial charge in [0.1, 0.15) is 0 Å². The zero-order chi connectivity index (χ0) is 17.9. The molecule has 0 radical (unpaired) electrons. The van der Waals surface area contributed by atoms with Crippen LogP contribution >= 0.6 is 11.6 Å². The molecule has 0 atom stereocenters. The SMILES string of the molecule is Cc1ccc(S(=O)(=O)Nc2ccc(C(=O)NC(C)C)cc2Cl)cc1. The van der Waals surface area contributed by atoms with Crippen molar-refractivity contribution in [1.82, 2.24) is 5.32 Å². The van der Waals surface area contributed by atoms with Gasteiger partial charge in [0, 0.05) is 11.6 Å². The van der Waals surface area contributed by atoms with Crippen molar-refractivity contribution in [2.45, 2.75) is 31.7 Å². The van der Waals surface area contributed by atoms with Crippen LogP contribution in [-0.2, 0) is 10.0 Å². The first-order valence-corrected chi connectivity index (χ1v) is 9.25. The molecule has 0 saturated carbocycles. The Kier molecular flexibility index (Phi) is 5.51. The molecular weight excluding hydrogens is 348 g/mol. The molecule has 2 rings (SSSR count). The lowest BCUT2D eigenvalue weighted by Gasteiger charge is -2.12. The van der Waals surface area contributed by atoms with Gasteiger partial charge < -0.3 is 5.32 Å². The number of amides is 1. The van der Waals surface area contributed by atoms with Crippen molar-refractivity contribution in [3.05, 3.63) is 58.6 Å². The first-order valence-electron chi connectivity index (χ1n) is 7.39. The number of sulfonamides is 1. The highest BCUT2D eigenvalue weighted by molar-refractivity contribution is 7.92. The third-order valence-electron chi connectivity index (χ3n) is 3.23. The van der Waals surface area contributed by atoms with Crippen LogP contribution in [0.15, 0.2) is 47.4 Å². The molecule has 5 nitrogen and oxygen atoms in total. The van der Waals surface area contributed by atoms with Gasteiger partial charge in [-0.05, 0) is 51.1 Å². The summed E-state index contributed by atoms with van der Waals surface area (Å²) in [5.74, 6) is -0.264. The minimum Gasteiger partial charge on any atom is -0.350 e. The quantitative estimate of drug-likeness (QED) is 0.849. The van der Waals surface area contributed by atoms with E-state index in [9.17, 15) is 13.2 Å². The summed E-state index contributed by atoms with van der Waals surface area (Å²) in [6, 6.07) is 10.9. The lowest BCUT2D eigenvalue weighted by Crippen LogP contribution is -2.30. The molecule has 2 aromatic carbocycles. The van der Waals surface area contributed by atoms with Gasteiger partial charge in [-0.3, -0.25) is 9.52 Å². The Morgan fingerprint density at radius 3 is 2.25 bits per heavy atom. The van der Waals surface area contributed by atoms with Gasteiger partial charge in [-0.1, -0.05) is 29.3 Å². The van der Waals surface area contributed by atoms with Crippen molar-refractivity contribution in [2.24, 2.45) is 0 Å². The molecule has 128 valence electrons. The fraction of sp³-hybridized carbons (Fsp3) is 0.235. The Morgan fingerprint density at radius 1 is 1.08 bits per heavy atom. The summed E-state index contributed by atoms with van der Waals surface area (Å²) in [7, 11) is -3.74. The van der Waals surface area contributed by atoms with Gasteiger partial charge in [-0.25, -0.2) is 8.42 Å². The monoisotopic (exact) mass is 366 g/mol. The van der Waals surface area contributed by atoms with Crippen LogP contribution in [-0.4, -0.2) is 20.4 Å². The molecule has 0 aromatic heterocycles. The summed E-state index contributed by atoms with van der Waals surface area (Å²) in [5, 5.41) is 2.90. The van der Waals surface area contributed by atoms with Crippen LogP contribution in [0.1, 0.15) is 29.8 Å². The third-order valence-corrected chi connectivity index (χ3v) is 4.92. The van der Waals surface area contributed by atoms with E-state index in [-0.39, 0.29) is 27.6 Å². The van der Waals surface area contributed by atoms with Crippen molar-refractivity contribution < 1.29 is 13.2 Å². The molecule has 0 spiro atoms. The molecule has 2 N–H and O–H groups in total. The molecule has 0 bridgehead atoms. The van der Waals surface area contributed by atoms with Crippen molar-refractivity contribution in [3.63, 3.8) is 0 Å². The number of carbonyl (C=O) groups is 1. The molecule has 0 heterocycles. The summed E-state index contributed by atoms with van der Waals surface area (Å²) in [5.41, 5.74) is 1.55. The highest BCUT2D eigenvalue weighted by atomic mass is 35.5. The largest absolute Gasteiger partial charge is 0.350 e. The summed E-state index contributed by atoms with van der Waals surface area (Å²) in [4.78, 5) is 12.1. The smallest absolute Gasteiger partial charge is 0.261 e. The Morgan fingerprint density at radius 2 is 1.71 bits per heavy atom. The van der Waals surface area contributed by atoms with Crippen LogP contribution in [0.25, 0.3) is 0 Å². The van der Waals surface area contributed by atoms with Gasteiger partial charge in [0.15, 0.2) is 0 Å². The molecule has 0 fully saturated rings. The summed E-state index contributed by atoms with van der Waals surface area (Å²) >= 11 is 6.12. The minimum absolute atomic E-state index is 0.00371. The number of hydrogen-bond donors (Lipinski definition) is 2. The highest BCUT2D eigenvalue weighted by Crippen LogP contribution is 2.26. The van der Waals surface area contributed by atoms with E-state index in [0.717, 1.165) is 5.56 Å². The van der Waals surface area contributed by atoms with Gasteiger partial charge >= 0.3 is 0 Å². The van der Waals surface area contributed by atoms with Crippen LogP contribution in [0.2, 0.25) is 5.02 Å². The van der Waals surface area contributed by atoms with Crippen LogP contribution in [0.3, 0.4) is 0 Å². The zero-order valence-electron chi connectivity index (χ0n) is 13.6. The summed E-state index contributed by atoms with van der Waals surface area (Å²) in [6.45, 7) is 5.58. The topological polar surface area (TPSA) is 75.3 Å². The van der Waals surface area contributed by atoms with E-state index in [2.05, 4.69) is 10.0 Å². The van der Waals surface area contributed by atoms with Gasteiger partial charge in [-0.15, -0.1) is 0 Å². The van der Waals surface area contributed by atoms with Crippen LogP contribution in [0, 0.1) is 6.92 Å². The molecule has 2 aromatic rings. The number of rotatable bonds is 5. The maximum absolute atomic E-state index is 12.4. The second-order valence-electron chi connectivity index (χ2n) is 5.74. The predicted octanol–water partition coefficient (Wildman–Crippen LogP) is 3.59. The van der Waals surface area contributed by atoms with E-state index in [1.54, 1.807) is 12.1 Å². The average molecular weight is 367 g/mol. The molecule has 0 aliphatic heterocycles. The second kappa shape index (κ2) is 7.23. The summed E-state index contributed by atoms with van der Waals surface area (Å²) < 4.78 is 27.2. The van der Waals surface area contributed by atoms with E-state index >= 15 is 0 Å². The van der Waals surface area contributed by atoms with Gasteiger partial charge in [0.2, 0.25) is 0 Å². The number of hydrogen-bond acceptors (Lipinski definition) is 3. The number of benzene rings is 2. The third kappa shape index (κ3) is 4.49. The Balaban J connectivity index is 2.24. The fourth-order valence-electron chi connectivity index (χ4n) is 2.01. The number of aryl methyl sites for hydroxylation is 1. The molecule has 24 heavy (non-hydrogen) atoms. The van der Waals surface area contributed by atoms with Crippen LogP contribution in [0.4, 0.5) is 5.69 Å². The zero-order valence-corrected chi connectivity index (χ0v) is 15.2. The fourth-order valence-corrected chi connectivity index (χ4v) is 3.37. The maximum Gasteiger partial charge on any atom is 0.261 e. The number of carbonyl (C=O) groups excluding carboxylic acids is 1. The highest BCUT2D eigenvalue weighted by Gasteiger charge is 2.17. The first-order chi connectivity index (χ1) is 11.2. The van der Waals surface area contributed by atoms with Crippen LogP contribution in [0.5, 0.6) is 0 Å². The lowest BCUT2D eigenvalue weighted by molar-refractivity contribution is 0.0943. The first kappa shape index (κ1) is 18.3. The van der Waals surface area contributed by atoms with Crippen molar-refractivity contribution >= 4 is 33.2 Å². The van der Waals surface area contributed by atoms with Crippen molar-refractivity contribution in [1.29, 1.82) is 0 Å². The van der Waals surface area contributed by atoms with Gasteiger partial charge in [0.25, 0.3) is 15.9 Å². The van der Waals surface area contributed by atoms with E-state index in [1.165, 1.54) is 30.3 Å². The van der Waals surface area contributed by atoms with Gasteiger partial charge in [0.05, 0.1) is 15.6 Å². The molecule has 0 saturated heterocycles. The molecule has 1 amide bonds. The van der Waals surface area contributed by atoms with Crippen molar-refractivity contribution in [3.8, 4) is 0 Å². The minimum atomic E-state index is -3.74. The molecule has 0 aliphatic rings. The number of halogens is 1. The molecule has 0 unspecified atom stereocenters. The molecule has 7 heteroatoms. The standard InChI is InChI=1S/C17H19ClN2O3S/c1-11(2)19-17(21)13-6-9-16(15(18)10-13)20-24(22,23)14-7-4-12(3)5-8-14/h4-11,20H,1-3H3,(H,19,21). The van der Waals surface area contributed by atoms with E-state index in [0.29, 0.717) is 5.56 Å². The maximum atomic E-state index is 12.4. The van der Waals surface area contributed by atoms with E-state index in [1.807, 2.05) is 20.8 Å². The van der Waals surface area contributed by atoms with Crippen LogP contribution < -0.4 is 10.0 Å². The molecule has 0 aliphatic carbocycles. The predicted molar refractivity (Wildman–Crippen MR) is 96.0 cm³/mol. The normalized spacial score (nSPS) is 11.4. The summed E-state index contributed by atoms with van der Waals surface area (Å²) in [6.07, 6.45) is 0. The number of anilines is 1. The van der Waals surface area contributed by atoms with Gasteiger partial charge in [-0.2, -0.15) is 0 Å². The molecular formula is C17H19ClN2O3S.